The molecule has 0 saturated carbocycles. The molecule has 0 bridgehead atoms. The van der Waals surface area contributed by atoms with Gasteiger partial charge in [0.1, 0.15) is 47.8 Å². The Labute approximate surface area is 389 Å². The molecule has 1 saturated heterocycles. The molecular weight excluding hydrogens is 882 g/mol. The van der Waals surface area contributed by atoms with Crippen LogP contribution in [0.5, 0.6) is 17.2 Å². The molecule has 2 aliphatic rings. The van der Waals surface area contributed by atoms with Gasteiger partial charge in [0.15, 0.2) is 5.43 Å². The van der Waals surface area contributed by atoms with Gasteiger partial charge in [-0.05, 0) is 84.6 Å². The van der Waals surface area contributed by atoms with Gasteiger partial charge in [0.2, 0.25) is 11.8 Å². The zero-order valence-corrected chi connectivity index (χ0v) is 37.1. The van der Waals surface area contributed by atoms with E-state index in [0.717, 1.165) is 21.6 Å². The maximum atomic E-state index is 13.6. The first kappa shape index (κ1) is 46.2. The lowest BCUT2D eigenvalue weighted by Gasteiger charge is -2.27. The Kier molecular flexibility index (Phi) is 14.7. The van der Waals surface area contributed by atoms with Crippen molar-refractivity contribution >= 4 is 46.2 Å². The van der Waals surface area contributed by atoms with Crippen LogP contribution in [0.15, 0.2) is 112 Å². The lowest BCUT2D eigenvalue weighted by molar-refractivity contribution is -0.136. The fraction of sp³-hybridized carbons (Fsp3) is 0.255. The molecule has 3 heterocycles. The lowest BCUT2D eigenvalue weighted by atomic mass is 9.95. The van der Waals surface area contributed by atoms with E-state index in [2.05, 4.69) is 11.4 Å². The van der Waals surface area contributed by atoms with Crippen LogP contribution in [0.4, 0.5) is 0 Å². The Morgan fingerprint density at radius 2 is 1.40 bits per heavy atom. The van der Waals surface area contributed by atoms with E-state index in [1.165, 1.54) is 12.1 Å². The van der Waals surface area contributed by atoms with Crippen LogP contribution < -0.4 is 25.0 Å². The van der Waals surface area contributed by atoms with Crippen LogP contribution in [0.3, 0.4) is 0 Å². The van der Waals surface area contributed by atoms with Crippen molar-refractivity contribution in [1.82, 2.24) is 10.2 Å². The summed E-state index contributed by atoms with van der Waals surface area (Å²) in [5, 5.41) is 12.7. The van der Waals surface area contributed by atoms with Crippen molar-refractivity contribution in [2.75, 3.05) is 59.5 Å². The zero-order valence-electron chi connectivity index (χ0n) is 36.3. The van der Waals surface area contributed by atoms with Gasteiger partial charge in [-0.3, -0.25) is 34.2 Å². The van der Waals surface area contributed by atoms with E-state index >= 15 is 0 Å². The molecule has 1 N–H and O–H groups in total. The third kappa shape index (κ3) is 10.5. The molecule has 2 aliphatic heterocycles. The summed E-state index contributed by atoms with van der Waals surface area (Å²) in [4.78, 5) is 64.7. The van der Waals surface area contributed by atoms with E-state index in [1.54, 1.807) is 48.5 Å². The third-order valence-corrected chi connectivity index (χ3v) is 11.3. The van der Waals surface area contributed by atoms with Gasteiger partial charge in [-0.1, -0.05) is 48.0 Å². The fourth-order valence-electron chi connectivity index (χ4n) is 7.82. The van der Waals surface area contributed by atoms with Gasteiger partial charge in [-0.2, -0.15) is 5.26 Å². The molecule has 1 unspecified atom stereocenters. The minimum Gasteiger partial charge on any atom is -0.493 e. The van der Waals surface area contributed by atoms with Crippen LogP contribution in [0, 0.1) is 11.3 Å². The quantitative estimate of drug-likeness (QED) is 0.0581. The van der Waals surface area contributed by atoms with Gasteiger partial charge in [-0.15, -0.1) is 0 Å². The van der Waals surface area contributed by atoms with Gasteiger partial charge < -0.3 is 32.8 Å². The highest BCUT2D eigenvalue weighted by atomic mass is 35.5. The number of piperidine rings is 1. The van der Waals surface area contributed by atoms with E-state index < -0.39 is 29.7 Å². The molecule has 1 aromatic heterocycles. The summed E-state index contributed by atoms with van der Waals surface area (Å²) in [6.45, 7) is 4.29. The second-order valence-electron chi connectivity index (χ2n) is 15.3. The molecule has 342 valence electrons. The van der Waals surface area contributed by atoms with Crippen molar-refractivity contribution in [3.8, 4) is 56.9 Å². The first-order chi connectivity index (χ1) is 32.6. The fourth-order valence-corrected chi connectivity index (χ4v) is 8.09. The minimum absolute atomic E-state index is 0.0327. The number of fused-ring (bicyclic) bond motifs is 2. The monoisotopic (exact) mass is 925 g/mol. The van der Waals surface area contributed by atoms with Crippen LogP contribution in [0.25, 0.3) is 44.5 Å². The number of nitriles is 1. The van der Waals surface area contributed by atoms with Crippen molar-refractivity contribution in [1.29, 1.82) is 5.26 Å². The predicted molar refractivity (Wildman–Crippen MR) is 246 cm³/mol. The Bertz CT molecular complexity index is 2950. The van der Waals surface area contributed by atoms with Crippen LogP contribution >= 0.6 is 11.6 Å². The number of hydrogen-bond acceptors (Lipinski definition) is 13. The number of carbonyl (C=O) groups excluding carboxylic acids is 4. The Hall–Kier alpha value is -7.35. The number of hydrogen-bond donors (Lipinski definition) is 1. The molecule has 0 radical (unpaired) electrons. The maximum absolute atomic E-state index is 13.6. The number of amides is 4. The topological polar surface area (TPSA) is 193 Å². The summed E-state index contributed by atoms with van der Waals surface area (Å²) >= 11 is 6.69. The minimum atomic E-state index is -1.06. The van der Waals surface area contributed by atoms with Crippen molar-refractivity contribution in [2.24, 2.45) is 0 Å². The highest BCUT2D eigenvalue weighted by molar-refractivity contribution is 6.33. The number of nitrogens with zero attached hydrogens (tertiary/aromatic N) is 2. The second kappa shape index (κ2) is 21.3. The Morgan fingerprint density at radius 1 is 0.687 bits per heavy atom. The summed E-state index contributed by atoms with van der Waals surface area (Å²) in [6.07, 6.45) is 0.0971. The van der Waals surface area contributed by atoms with Crippen LogP contribution in [-0.4, -0.2) is 94.0 Å². The molecule has 4 amide bonds. The average molecular weight is 926 g/mol. The largest absolute Gasteiger partial charge is 0.493 e. The number of halogens is 1. The lowest BCUT2D eigenvalue weighted by Crippen LogP contribution is -2.54. The number of benzene rings is 5. The summed E-state index contributed by atoms with van der Waals surface area (Å²) < 4.78 is 40.7. The molecule has 5 aromatic carbocycles. The van der Waals surface area contributed by atoms with E-state index in [4.69, 9.17) is 44.4 Å². The SMILES string of the molecule is CCOc1cc2oc(-c3ccc(OCCOCCOCCOCCOc4cccc5c4C(=O)N(C4CCC(=O)NC4=O)C5=O)cc3Cl)cc(=O)c2cc1-c1cc(C#N)cc(-c2ccccc2)c1. The number of ether oxygens (including phenoxy) is 6. The molecule has 0 spiro atoms. The number of nitrogens with one attached hydrogen (secondary N) is 1. The Balaban J connectivity index is 0.764. The summed E-state index contributed by atoms with van der Waals surface area (Å²) in [5.41, 5.74) is 4.44. The second-order valence-corrected chi connectivity index (χ2v) is 15.7. The Morgan fingerprint density at radius 3 is 2.10 bits per heavy atom. The molecule has 16 heteroatoms. The van der Waals surface area contributed by atoms with Crippen molar-refractivity contribution < 1.29 is 52.0 Å². The van der Waals surface area contributed by atoms with Gasteiger partial charge >= 0.3 is 0 Å². The summed E-state index contributed by atoms with van der Waals surface area (Å²) in [7, 11) is 0. The molecule has 1 fully saturated rings. The number of rotatable bonds is 20. The smallest absolute Gasteiger partial charge is 0.266 e. The number of carbonyl (C=O) groups is 4. The first-order valence-corrected chi connectivity index (χ1v) is 22.0. The average Bonchev–Trinajstić information content (AvgIpc) is 3.59. The van der Waals surface area contributed by atoms with Crippen LogP contribution in [0.1, 0.15) is 46.0 Å². The van der Waals surface area contributed by atoms with Gasteiger partial charge in [-0.25, -0.2) is 0 Å². The van der Waals surface area contributed by atoms with E-state index in [9.17, 15) is 29.2 Å². The normalized spacial score (nSPS) is 14.5. The van der Waals surface area contributed by atoms with Crippen LogP contribution in [-0.2, 0) is 23.8 Å². The number of imide groups is 2. The molecule has 15 nitrogen and oxygen atoms in total. The zero-order chi connectivity index (χ0) is 46.9. The molecule has 0 aliphatic carbocycles. The van der Waals surface area contributed by atoms with Gasteiger partial charge in [0.05, 0.1) is 79.4 Å². The standard InChI is InChI=1S/C51H44ClN3O12/c1-2-64-44-29-46-39(27-38(44)34-24-31(30-53)23-33(25-34)32-7-4-3-5-8-32)42(56)28-45(67-46)36-12-11-35(26-40(36)52)65-21-19-62-17-15-61-16-18-63-20-22-66-43-10-6-9-37-48(43)51(60)55(50(37)59)41-13-14-47(57)54-49(41)58/h3-12,23-29,41H,2,13-22H2,1H3,(H,54,57,58). The molecular formula is C51H44ClN3O12. The molecule has 6 aromatic rings. The van der Waals surface area contributed by atoms with Crippen LogP contribution in [0.2, 0.25) is 5.02 Å². The summed E-state index contributed by atoms with van der Waals surface area (Å²) in [6, 6.07) is 31.1. The third-order valence-electron chi connectivity index (χ3n) is 11.0. The highest BCUT2D eigenvalue weighted by Gasteiger charge is 2.46. The van der Waals surface area contributed by atoms with Crippen molar-refractivity contribution in [3.05, 3.63) is 135 Å². The molecule has 67 heavy (non-hydrogen) atoms. The first-order valence-electron chi connectivity index (χ1n) is 21.6. The molecule has 8 rings (SSSR count). The maximum Gasteiger partial charge on any atom is 0.266 e. The molecule has 1 atom stereocenters. The highest BCUT2D eigenvalue weighted by Crippen LogP contribution is 2.39. The van der Waals surface area contributed by atoms with Crippen molar-refractivity contribution in [2.45, 2.75) is 25.8 Å². The predicted octanol–water partition coefficient (Wildman–Crippen LogP) is 7.63. The van der Waals surface area contributed by atoms with E-state index in [0.29, 0.717) is 70.6 Å². The van der Waals surface area contributed by atoms with Gasteiger partial charge in [0.25, 0.3) is 11.8 Å². The van der Waals surface area contributed by atoms with Gasteiger partial charge in [0, 0.05) is 29.7 Å². The van der Waals surface area contributed by atoms with Crippen molar-refractivity contribution in [3.63, 3.8) is 0 Å². The van der Waals surface area contributed by atoms with E-state index in [-0.39, 0.29) is 73.9 Å². The summed E-state index contributed by atoms with van der Waals surface area (Å²) in [5.74, 6) is -0.891. The van der Waals surface area contributed by atoms with E-state index in [1.807, 2.05) is 49.4 Å².